The van der Waals surface area contributed by atoms with Crippen LogP contribution in [0.1, 0.15) is 23.1 Å². The van der Waals surface area contributed by atoms with Crippen LogP contribution in [0.4, 0.5) is 10.1 Å². The summed E-state index contributed by atoms with van der Waals surface area (Å²) in [5, 5.41) is 3.94. The summed E-state index contributed by atoms with van der Waals surface area (Å²) in [6, 6.07) is 3.74. The molecule has 2 rings (SSSR count). The first-order valence-corrected chi connectivity index (χ1v) is 5.70. The van der Waals surface area contributed by atoms with E-state index >= 15 is 0 Å². The highest BCUT2D eigenvalue weighted by Crippen LogP contribution is 2.13. The Morgan fingerprint density at radius 3 is 3.05 bits per heavy atom. The molecule has 19 heavy (non-hydrogen) atoms. The maximum Gasteiger partial charge on any atom is 0.341 e. The summed E-state index contributed by atoms with van der Waals surface area (Å²) in [6.45, 7) is 2.43. The molecule has 0 aliphatic carbocycles. The zero-order valence-electron chi connectivity index (χ0n) is 10.3. The van der Waals surface area contributed by atoms with Crippen molar-refractivity contribution in [3.63, 3.8) is 0 Å². The quantitative estimate of drug-likeness (QED) is 0.666. The van der Waals surface area contributed by atoms with Crippen molar-refractivity contribution in [3.05, 3.63) is 41.7 Å². The van der Waals surface area contributed by atoms with Crippen LogP contribution in [0, 0.1) is 5.82 Å². The van der Waals surface area contributed by atoms with Gasteiger partial charge in [0.2, 0.25) is 0 Å². The molecule has 0 spiro atoms. The number of nitrogens with zero attached hydrogens (tertiary/aromatic N) is 3. The first kappa shape index (κ1) is 13.0. The first-order valence-electron chi connectivity index (χ1n) is 5.70. The van der Waals surface area contributed by atoms with Crippen LogP contribution in [0.5, 0.6) is 0 Å². The number of aryl methyl sites for hydroxylation is 1. The predicted octanol–water partition coefficient (Wildman–Crippen LogP) is 1.38. The molecule has 0 fully saturated rings. The number of ether oxygens (including phenoxy) is 1. The van der Waals surface area contributed by atoms with Crippen molar-refractivity contribution in [2.24, 2.45) is 0 Å². The lowest BCUT2D eigenvalue weighted by molar-refractivity contribution is 0.0451. The molecule has 0 aliphatic heterocycles. The number of halogens is 1. The zero-order chi connectivity index (χ0) is 13.8. The van der Waals surface area contributed by atoms with Gasteiger partial charge in [0.15, 0.2) is 12.4 Å². The molecule has 0 bridgehead atoms. The standard InChI is InChI=1S/C12H13FN4O2/c1-2-17-11(15-7-16-17)6-19-12(18)9-5-8(14)3-4-10(9)13/h3-5,7H,2,6,14H2,1H3. The van der Waals surface area contributed by atoms with E-state index in [0.29, 0.717) is 18.1 Å². The Bertz CT molecular complexity index is 597. The van der Waals surface area contributed by atoms with E-state index in [1.54, 1.807) is 4.68 Å². The number of rotatable bonds is 4. The van der Waals surface area contributed by atoms with Crippen LogP contribution in [-0.4, -0.2) is 20.7 Å². The summed E-state index contributed by atoms with van der Waals surface area (Å²) >= 11 is 0. The molecular weight excluding hydrogens is 251 g/mol. The van der Waals surface area contributed by atoms with Gasteiger partial charge in [-0.15, -0.1) is 0 Å². The lowest BCUT2D eigenvalue weighted by Gasteiger charge is -2.06. The molecule has 1 aromatic carbocycles. The van der Waals surface area contributed by atoms with E-state index in [1.807, 2.05) is 6.92 Å². The SMILES string of the molecule is CCn1ncnc1COC(=O)c1cc(N)ccc1F. The summed E-state index contributed by atoms with van der Waals surface area (Å²) in [7, 11) is 0. The number of carbonyl (C=O) groups is 1. The summed E-state index contributed by atoms with van der Waals surface area (Å²) < 4.78 is 20.0. The maximum absolute atomic E-state index is 13.4. The molecule has 2 aromatic rings. The largest absolute Gasteiger partial charge is 0.454 e. The van der Waals surface area contributed by atoms with Gasteiger partial charge in [0.05, 0.1) is 5.56 Å². The number of nitrogen functional groups attached to an aromatic ring is 1. The molecule has 0 atom stereocenters. The Morgan fingerprint density at radius 2 is 2.32 bits per heavy atom. The number of benzene rings is 1. The van der Waals surface area contributed by atoms with Crippen molar-refractivity contribution >= 4 is 11.7 Å². The monoisotopic (exact) mass is 264 g/mol. The van der Waals surface area contributed by atoms with E-state index in [-0.39, 0.29) is 12.2 Å². The van der Waals surface area contributed by atoms with Crippen molar-refractivity contribution in [1.82, 2.24) is 14.8 Å². The van der Waals surface area contributed by atoms with E-state index in [9.17, 15) is 9.18 Å². The molecular formula is C12H13FN4O2. The number of hydrogen-bond donors (Lipinski definition) is 1. The highest BCUT2D eigenvalue weighted by Gasteiger charge is 2.15. The second-order valence-electron chi connectivity index (χ2n) is 3.81. The molecule has 0 radical (unpaired) electrons. The predicted molar refractivity (Wildman–Crippen MR) is 65.6 cm³/mol. The van der Waals surface area contributed by atoms with E-state index in [4.69, 9.17) is 10.5 Å². The molecule has 100 valence electrons. The Morgan fingerprint density at radius 1 is 1.53 bits per heavy atom. The van der Waals surface area contributed by atoms with Gasteiger partial charge < -0.3 is 10.5 Å². The molecule has 0 unspecified atom stereocenters. The summed E-state index contributed by atoms with van der Waals surface area (Å²) in [5.74, 6) is -0.952. The van der Waals surface area contributed by atoms with E-state index in [2.05, 4.69) is 10.1 Å². The second-order valence-corrected chi connectivity index (χ2v) is 3.81. The number of hydrogen-bond acceptors (Lipinski definition) is 5. The summed E-state index contributed by atoms with van der Waals surface area (Å²) in [5.41, 5.74) is 5.61. The van der Waals surface area contributed by atoms with Crippen molar-refractivity contribution < 1.29 is 13.9 Å². The number of esters is 1. The van der Waals surface area contributed by atoms with Gasteiger partial charge in [0.25, 0.3) is 0 Å². The van der Waals surface area contributed by atoms with Crippen LogP contribution in [0.3, 0.4) is 0 Å². The molecule has 7 heteroatoms. The lowest BCUT2D eigenvalue weighted by Crippen LogP contribution is -2.11. The molecule has 0 amide bonds. The smallest absolute Gasteiger partial charge is 0.341 e. The topological polar surface area (TPSA) is 83.0 Å². The van der Waals surface area contributed by atoms with Gasteiger partial charge in [-0.25, -0.2) is 18.9 Å². The highest BCUT2D eigenvalue weighted by molar-refractivity contribution is 5.90. The number of aromatic nitrogens is 3. The van der Waals surface area contributed by atoms with Gasteiger partial charge in [0.1, 0.15) is 12.1 Å². The van der Waals surface area contributed by atoms with E-state index in [1.165, 1.54) is 18.5 Å². The first-order chi connectivity index (χ1) is 9.11. The van der Waals surface area contributed by atoms with Gasteiger partial charge in [-0.2, -0.15) is 5.10 Å². The highest BCUT2D eigenvalue weighted by atomic mass is 19.1. The van der Waals surface area contributed by atoms with Crippen LogP contribution >= 0.6 is 0 Å². The third-order valence-corrected chi connectivity index (χ3v) is 2.54. The Hall–Kier alpha value is -2.44. The Kier molecular flexibility index (Phi) is 3.74. The van der Waals surface area contributed by atoms with Crippen LogP contribution in [0.25, 0.3) is 0 Å². The molecule has 6 nitrogen and oxygen atoms in total. The third-order valence-electron chi connectivity index (χ3n) is 2.54. The lowest BCUT2D eigenvalue weighted by atomic mass is 10.2. The number of anilines is 1. The van der Waals surface area contributed by atoms with Crippen LogP contribution in [0.2, 0.25) is 0 Å². The minimum absolute atomic E-state index is 0.0685. The zero-order valence-corrected chi connectivity index (χ0v) is 10.3. The molecule has 1 heterocycles. The minimum atomic E-state index is -0.782. The van der Waals surface area contributed by atoms with Gasteiger partial charge in [-0.1, -0.05) is 0 Å². The molecule has 0 saturated heterocycles. The number of nitrogens with two attached hydrogens (primary N) is 1. The second kappa shape index (κ2) is 5.47. The normalized spacial score (nSPS) is 10.4. The molecule has 0 saturated carbocycles. The van der Waals surface area contributed by atoms with Gasteiger partial charge in [-0.05, 0) is 25.1 Å². The Labute approximate surface area is 109 Å². The molecule has 1 aromatic heterocycles. The summed E-state index contributed by atoms with van der Waals surface area (Å²) in [4.78, 5) is 15.7. The van der Waals surface area contributed by atoms with E-state index in [0.717, 1.165) is 6.07 Å². The minimum Gasteiger partial charge on any atom is -0.454 e. The van der Waals surface area contributed by atoms with Crippen LogP contribution < -0.4 is 5.73 Å². The van der Waals surface area contributed by atoms with Crippen molar-refractivity contribution in [1.29, 1.82) is 0 Å². The average molecular weight is 264 g/mol. The fourth-order valence-corrected chi connectivity index (χ4v) is 1.57. The van der Waals surface area contributed by atoms with Gasteiger partial charge >= 0.3 is 5.97 Å². The van der Waals surface area contributed by atoms with Crippen molar-refractivity contribution in [2.75, 3.05) is 5.73 Å². The summed E-state index contributed by atoms with van der Waals surface area (Å²) in [6.07, 6.45) is 1.37. The molecule has 0 aliphatic rings. The van der Waals surface area contributed by atoms with Crippen LogP contribution in [0.15, 0.2) is 24.5 Å². The number of carbonyl (C=O) groups excluding carboxylic acids is 1. The average Bonchev–Trinajstić information content (AvgIpc) is 2.86. The maximum atomic E-state index is 13.4. The van der Waals surface area contributed by atoms with Gasteiger partial charge in [-0.3, -0.25) is 0 Å². The fraction of sp³-hybridized carbons (Fsp3) is 0.250. The third kappa shape index (κ3) is 2.87. The van der Waals surface area contributed by atoms with Crippen molar-refractivity contribution in [3.8, 4) is 0 Å². The van der Waals surface area contributed by atoms with Crippen molar-refractivity contribution in [2.45, 2.75) is 20.1 Å². The van der Waals surface area contributed by atoms with Crippen LogP contribution in [-0.2, 0) is 17.9 Å². The fourth-order valence-electron chi connectivity index (χ4n) is 1.57. The van der Waals surface area contributed by atoms with Gasteiger partial charge in [0, 0.05) is 12.2 Å². The van der Waals surface area contributed by atoms with E-state index < -0.39 is 11.8 Å². The molecule has 2 N–H and O–H groups in total. The Balaban J connectivity index is 2.07.